The smallest absolute Gasteiger partial charge is 0.305 e. The Balaban J connectivity index is 1.86. The van der Waals surface area contributed by atoms with Gasteiger partial charge in [-0.05, 0) is 19.8 Å². The second-order valence-corrected chi connectivity index (χ2v) is 5.02. The zero-order valence-corrected chi connectivity index (χ0v) is 12.4. The van der Waals surface area contributed by atoms with Crippen LogP contribution in [0.15, 0.2) is 6.07 Å². The van der Waals surface area contributed by atoms with E-state index >= 15 is 0 Å². The summed E-state index contributed by atoms with van der Waals surface area (Å²) in [7, 11) is 1.59. The Hall–Kier alpha value is -1.89. The van der Waals surface area contributed by atoms with Gasteiger partial charge < -0.3 is 19.5 Å². The number of aryl methyl sites for hydroxylation is 1. The molecule has 7 nitrogen and oxygen atoms in total. The van der Waals surface area contributed by atoms with Gasteiger partial charge in [0.25, 0.3) is 0 Å². The molecule has 0 atom stereocenters. The highest BCUT2D eigenvalue weighted by Gasteiger charge is 2.21. The number of ether oxygens (including phenoxy) is 2. The van der Waals surface area contributed by atoms with E-state index in [4.69, 9.17) is 14.6 Å². The zero-order valence-electron chi connectivity index (χ0n) is 12.4. The summed E-state index contributed by atoms with van der Waals surface area (Å²) in [5.41, 5.74) is 0. The first kappa shape index (κ1) is 15.5. The van der Waals surface area contributed by atoms with Crippen LogP contribution in [0.25, 0.3) is 0 Å². The van der Waals surface area contributed by atoms with Crippen molar-refractivity contribution >= 4 is 11.8 Å². The van der Waals surface area contributed by atoms with Gasteiger partial charge >= 0.3 is 5.97 Å². The Morgan fingerprint density at radius 2 is 2.14 bits per heavy atom. The monoisotopic (exact) mass is 295 g/mol. The van der Waals surface area contributed by atoms with Gasteiger partial charge in [0.1, 0.15) is 11.6 Å². The standard InChI is InChI=1S/C14H21N3O4/c1-10-15-12(9-13(16-10)20-2)17-6-3-11(4-7-17)21-8-5-14(18)19/h9,11H,3-8H2,1-2H3,(H,18,19). The Labute approximate surface area is 123 Å². The number of anilines is 1. The van der Waals surface area contributed by atoms with Crippen LogP contribution in [0.5, 0.6) is 5.88 Å². The Morgan fingerprint density at radius 3 is 2.76 bits per heavy atom. The van der Waals surface area contributed by atoms with Crippen molar-refractivity contribution in [2.75, 3.05) is 31.7 Å². The minimum Gasteiger partial charge on any atom is -0.481 e. The van der Waals surface area contributed by atoms with Gasteiger partial charge in [0, 0.05) is 19.2 Å². The number of hydrogen-bond donors (Lipinski definition) is 1. The van der Waals surface area contributed by atoms with E-state index in [0.717, 1.165) is 31.7 Å². The molecule has 0 unspecified atom stereocenters. The van der Waals surface area contributed by atoms with Gasteiger partial charge in [0.2, 0.25) is 5.88 Å². The molecule has 1 aromatic heterocycles. The molecule has 2 rings (SSSR count). The van der Waals surface area contributed by atoms with Crippen LogP contribution < -0.4 is 9.64 Å². The lowest BCUT2D eigenvalue weighted by atomic mass is 10.1. The number of carboxylic acid groups (broad SMARTS) is 1. The summed E-state index contributed by atoms with van der Waals surface area (Å²) in [5.74, 6) is 1.29. The summed E-state index contributed by atoms with van der Waals surface area (Å²) >= 11 is 0. The van der Waals surface area contributed by atoms with Crippen molar-refractivity contribution in [1.82, 2.24) is 9.97 Å². The molecule has 1 fully saturated rings. The number of nitrogens with zero attached hydrogens (tertiary/aromatic N) is 3. The van der Waals surface area contributed by atoms with Crippen molar-refractivity contribution in [3.8, 4) is 5.88 Å². The summed E-state index contributed by atoms with van der Waals surface area (Å²) in [4.78, 5) is 21.2. The largest absolute Gasteiger partial charge is 0.481 e. The third kappa shape index (κ3) is 4.56. The van der Waals surface area contributed by atoms with Gasteiger partial charge in [0.15, 0.2) is 0 Å². The molecule has 2 heterocycles. The van der Waals surface area contributed by atoms with Crippen molar-refractivity contribution < 1.29 is 19.4 Å². The predicted molar refractivity (Wildman–Crippen MR) is 76.8 cm³/mol. The zero-order chi connectivity index (χ0) is 15.2. The number of aliphatic carboxylic acids is 1. The van der Waals surface area contributed by atoms with E-state index < -0.39 is 5.97 Å². The van der Waals surface area contributed by atoms with Crippen molar-refractivity contribution in [2.24, 2.45) is 0 Å². The molecule has 0 spiro atoms. The fourth-order valence-electron chi connectivity index (χ4n) is 2.36. The van der Waals surface area contributed by atoms with Crippen LogP contribution in [-0.2, 0) is 9.53 Å². The predicted octanol–water partition coefficient (Wildman–Crippen LogP) is 1.25. The highest BCUT2D eigenvalue weighted by Crippen LogP contribution is 2.22. The molecule has 0 bridgehead atoms. The van der Waals surface area contributed by atoms with Crippen molar-refractivity contribution in [3.05, 3.63) is 11.9 Å². The molecule has 0 radical (unpaired) electrons. The Kier molecular flexibility index (Phi) is 5.32. The average Bonchev–Trinajstić information content (AvgIpc) is 2.47. The molecular weight excluding hydrogens is 274 g/mol. The molecule has 1 N–H and O–H groups in total. The number of rotatable bonds is 6. The first-order valence-electron chi connectivity index (χ1n) is 7.06. The lowest BCUT2D eigenvalue weighted by molar-refractivity contribution is -0.138. The second-order valence-electron chi connectivity index (χ2n) is 5.02. The number of aromatic nitrogens is 2. The molecule has 0 aliphatic carbocycles. The minimum absolute atomic E-state index is 0.0581. The summed E-state index contributed by atoms with van der Waals surface area (Å²) in [5, 5.41) is 8.59. The molecule has 0 saturated carbocycles. The number of hydrogen-bond acceptors (Lipinski definition) is 6. The molecule has 116 valence electrons. The highest BCUT2D eigenvalue weighted by atomic mass is 16.5. The topological polar surface area (TPSA) is 84.8 Å². The molecular formula is C14H21N3O4. The number of piperidine rings is 1. The van der Waals surface area contributed by atoms with Crippen LogP contribution in [0, 0.1) is 6.92 Å². The molecule has 21 heavy (non-hydrogen) atoms. The lowest BCUT2D eigenvalue weighted by Crippen LogP contribution is -2.37. The summed E-state index contributed by atoms with van der Waals surface area (Å²) in [6.07, 6.45) is 1.92. The van der Waals surface area contributed by atoms with E-state index in [1.807, 2.05) is 13.0 Å². The molecule has 1 aliphatic heterocycles. The average molecular weight is 295 g/mol. The van der Waals surface area contributed by atoms with Gasteiger partial charge in [-0.1, -0.05) is 0 Å². The van der Waals surface area contributed by atoms with Gasteiger partial charge in [-0.3, -0.25) is 4.79 Å². The first-order valence-corrected chi connectivity index (χ1v) is 7.06. The van der Waals surface area contributed by atoms with E-state index in [-0.39, 0.29) is 19.1 Å². The van der Waals surface area contributed by atoms with Crippen LogP contribution in [0.3, 0.4) is 0 Å². The van der Waals surface area contributed by atoms with E-state index in [0.29, 0.717) is 11.7 Å². The Morgan fingerprint density at radius 1 is 1.43 bits per heavy atom. The normalized spacial score (nSPS) is 16.0. The van der Waals surface area contributed by atoms with Crippen molar-refractivity contribution in [2.45, 2.75) is 32.3 Å². The van der Waals surface area contributed by atoms with E-state index in [2.05, 4.69) is 14.9 Å². The number of carboxylic acids is 1. The van der Waals surface area contributed by atoms with E-state index in [1.54, 1.807) is 7.11 Å². The first-order chi connectivity index (χ1) is 10.1. The molecule has 7 heteroatoms. The van der Waals surface area contributed by atoms with E-state index in [1.165, 1.54) is 0 Å². The molecule has 0 amide bonds. The molecule has 0 aromatic carbocycles. The highest BCUT2D eigenvalue weighted by molar-refractivity contribution is 5.66. The third-order valence-electron chi connectivity index (χ3n) is 3.45. The van der Waals surface area contributed by atoms with Gasteiger partial charge in [-0.2, -0.15) is 4.98 Å². The SMILES string of the molecule is COc1cc(N2CCC(OCCC(=O)O)CC2)nc(C)n1. The van der Waals surface area contributed by atoms with Crippen molar-refractivity contribution in [1.29, 1.82) is 0 Å². The quantitative estimate of drug-likeness (QED) is 0.845. The number of carbonyl (C=O) groups is 1. The van der Waals surface area contributed by atoms with Crippen LogP contribution >= 0.6 is 0 Å². The van der Waals surface area contributed by atoms with Crippen LogP contribution in [0.4, 0.5) is 5.82 Å². The summed E-state index contributed by atoms with van der Waals surface area (Å²) in [6, 6.07) is 1.83. The molecule has 1 aliphatic rings. The van der Waals surface area contributed by atoms with Gasteiger partial charge in [-0.15, -0.1) is 0 Å². The molecule has 1 saturated heterocycles. The minimum atomic E-state index is -0.823. The maximum absolute atomic E-state index is 10.5. The van der Waals surface area contributed by atoms with E-state index in [9.17, 15) is 4.79 Å². The van der Waals surface area contributed by atoms with Crippen LogP contribution in [-0.4, -0.2) is 54.0 Å². The lowest BCUT2D eigenvalue weighted by Gasteiger charge is -2.32. The van der Waals surface area contributed by atoms with Crippen LogP contribution in [0.1, 0.15) is 25.1 Å². The third-order valence-corrected chi connectivity index (χ3v) is 3.45. The van der Waals surface area contributed by atoms with Gasteiger partial charge in [-0.25, -0.2) is 4.98 Å². The Bertz CT molecular complexity index is 487. The number of methoxy groups -OCH3 is 1. The summed E-state index contributed by atoms with van der Waals surface area (Å²) in [6.45, 7) is 3.78. The van der Waals surface area contributed by atoms with Gasteiger partial charge in [0.05, 0.1) is 26.2 Å². The molecule has 1 aromatic rings. The fraction of sp³-hybridized carbons (Fsp3) is 0.643. The maximum atomic E-state index is 10.5. The van der Waals surface area contributed by atoms with Crippen molar-refractivity contribution in [3.63, 3.8) is 0 Å². The summed E-state index contributed by atoms with van der Waals surface area (Å²) < 4.78 is 10.7. The fourth-order valence-corrected chi connectivity index (χ4v) is 2.36. The second kappa shape index (κ2) is 7.21. The maximum Gasteiger partial charge on any atom is 0.305 e. The van der Waals surface area contributed by atoms with Crippen LogP contribution in [0.2, 0.25) is 0 Å².